The van der Waals surface area contributed by atoms with Crippen LogP contribution < -0.4 is 10.1 Å². The number of carbonyl (C=O) groups excluding carboxylic acids is 1. The summed E-state index contributed by atoms with van der Waals surface area (Å²) in [5.74, 6) is 0.849. The van der Waals surface area contributed by atoms with E-state index >= 15 is 0 Å². The van der Waals surface area contributed by atoms with Gasteiger partial charge >= 0.3 is 0 Å². The normalized spacial score (nSPS) is 17.9. The number of hydrogen-bond acceptors (Lipinski definition) is 7. The lowest BCUT2D eigenvalue weighted by Gasteiger charge is -2.32. The van der Waals surface area contributed by atoms with Crippen molar-refractivity contribution in [2.24, 2.45) is 13.0 Å². The number of imidazole rings is 1. The van der Waals surface area contributed by atoms with E-state index in [0.29, 0.717) is 36.7 Å². The molecule has 1 aliphatic rings. The third-order valence-corrected chi connectivity index (χ3v) is 8.26. The van der Waals surface area contributed by atoms with Crippen LogP contribution >= 0.6 is 0 Å². The molecule has 1 aromatic carbocycles. The molecule has 0 aliphatic carbocycles. The molecule has 34 heavy (non-hydrogen) atoms. The molecule has 3 heterocycles. The van der Waals surface area contributed by atoms with E-state index in [-0.39, 0.29) is 23.1 Å². The van der Waals surface area contributed by atoms with Gasteiger partial charge in [0.1, 0.15) is 28.2 Å². The van der Waals surface area contributed by atoms with Crippen molar-refractivity contribution in [1.29, 1.82) is 0 Å². The maximum atomic E-state index is 13.4. The highest BCUT2D eigenvalue weighted by Crippen LogP contribution is 2.29. The van der Waals surface area contributed by atoms with Crippen molar-refractivity contribution >= 4 is 15.9 Å². The van der Waals surface area contributed by atoms with E-state index in [9.17, 15) is 13.2 Å². The zero-order chi connectivity index (χ0) is 24.5. The first kappa shape index (κ1) is 24.0. The Labute approximate surface area is 199 Å². The molecule has 1 N–H and O–H groups in total. The molecule has 1 fully saturated rings. The molecule has 1 amide bonds. The van der Waals surface area contributed by atoms with Gasteiger partial charge in [0.05, 0.1) is 13.0 Å². The van der Waals surface area contributed by atoms with E-state index in [2.05, 4.69) is 15.5 Å². The molecule has 10 nitrogen and oxygen atoms in total. The molecule has 1 aliphatic heterocycles. The zero-order valence-electron chi connectivity index (χ0n) is 19.7. The predicted molar refractivity (Wildman–Crippen MR) is 124 cm³/mol. The van der Waals surface area contributed by atoms with E-state index < -0.39 is 22.0 Å². The Hall–Kier alpha value is -3.18. The van der Waals surface area contributed by atoms with Crippen LogP contribution in [0.25, 0.3) is 0 Å². The monoisotopic (exact) mass is 487 g/mol. The van der Waals surface area contributed by atoms with Gasteiger partial charge in [-0.3, -0.25) is 4.79 Å². The molecule has 2 atom stereocenters. The third-order valence-electron chi connectivity index (χ3n) is 6.15. The molecule has 0 spiro atoms. The quantitative estimate of drug-likeness (QED) is 0.543. The molecule has 2 unspecified atom stereocenters. The van der Waals surface area contributed by atoms with E-state index in [4.69, 9.17) is 9.26 Å². The summed E-state index contributed by atoms with van der Waals surface area (Å²) in [6.07, 6.45) is 4.65. The molecule has 4 rings (SSSR count). The molecule has 3 aromatic rings. The first-order valence-corrected chi connectivity index (χ1v) is 12.5. The molecule has 0 bridgehead atoms. The summed E-state index contributed by atoms with van der Waals surface area (Å²) >= 11 is 0. The molecule has 182 valence electrons. The van der Waals surface area contributed by atoms with Crippen LogP contribution in [0.2, 0.25) is 0 Å². The summed E-state index contributed by atoms with van der Waals surface area (Å²) in [4.78, 5) is 17.9. The maximum absolute atomic E-state index is 13.4. The number of hydrogen-bond donors (Lipinski definition) is 1. The van der Waals surface area contributed by atoms with Gasteiger partial charge in [-0.05, 0) is 44.4 Å². The smallest absolute Gasteiger partial charge is 0.248 e. The second kappa shape index (κ2) is 9.59. The van der Waals surface area contributed by atoms with Crippen LogP contribution in [-0.4, -0.2) is 53.5 Å². The Morgan fingerprint density at radius 3 is 2.76 bits per heavy atom. The molecule has 0 radical (unpaired) electrons. The van der Waals surface area contributed by atoms with E-state index in [1.54, 1.807) is 27.2 Å². The van der Waals surface area contributed by atoms with E-state index in [1.165, 1.54) is 4.31 Å². The number of nitrogens with zero attached hydrogens (tertiary/aromatic N) is 4. The molecular formula is C23H29N5O5S. The van der Waals surface area contributed by atoms with E-state index in [1.807, 2.05) is 42.1 Å². The van der Waals surface area contributed by atoms with Gasteiger partial charge in [-0.1, -0.05) is 17.3 Å². The maximum Gasteiger partial charge on any atom is 0.248 e. The van der Waals surface area contributed by atoms with Gasteiger partial charge in [-0.15, -0.1) is 0 Å². The standard InChI is InChI=1S/C23H29N5O5S/c1-15-21(16(2)33-26-15)34(30,31)28-11-6-8-18(14-28)23(29)25-20(22-24-10-12-27(22)3)17-7-5-9-19(13-17)32-4/h5,7,9-10,12-13,18,20H,6,8,11,14H2,1-4H3,(H,25,29). The van der Waals surface area contributed by atoms with Gasteiger partial charge in [0.15, 0.2) is 5.76 Å². The fourth-order valence-corrected chi connectivity index (χ4v) is 6.20. The van der Waals surface area contributed by atoms with Gasteiger partial charge in [0.25, 0.3) is 0 Å². The Morgan fingerprint density at radius 1 is 1.32 bits per heavy atom. The lowest BCUT2D eigenvalue weighted by molar-refractivity contribution is -0.126. The first-order valence-electron chi connectivity index (χ1n) is 11.1. The first-order chi connectivity index (χ1) is 16.2. The highest BCUT2D eigenvalue weighted by molar-refractivity contribution is 7.89. The summed E-state index contributed by atoms with van der Waals surface area (Å²) in [5, 5.41) is 6.87. The van der Waals surface area contributed by atoms with Crippen LogP contribution in [0.3, 0.4) is 0 Å². The van der Waals surface area contributed by atoms with Crippen molar-refractivity contribution in [2.75, 3.05) is 20.2 Å². The number of methoxy groups -OCH3 is 1. The van der Waals surface area contributed by atoms with Gasteiger partial charge in [-0.2, -0.15) is 4.31 Å². The van der Waals surface area contributed by atoms with Crippen LogP contribution in [0.1, 0.15) is 41.7 Å². The summed E-state index contributed by atoms with van der Waals surface area (Å²) < 4.78 is 40.2. The van der Waals surface area contributed by atoms with Gasteiger partial charge in [0, 0.05) is 32.5 Å². The average molecular weight is 488 g/mol. The SMILES string of the molecule is COc1cccc(C(NC(=O)C2CCCN(S(=O)(=O)c3c(C)noc3C)C2)c2nccn2C)c1. The van der Waals surface area contributed by atoms with Crippen molar-refractivity contribution in [1.82, 2.24) is 24.3 Å². The number of amides is 1. The number of rotatable bonds is 7. The van der Waals surface area contributed by atoms with Crippen molar-refractivity contribution < 1.29 is 22.5 Å². The van der Waals surface area contributed by atoms with E-state index in [0.717, 1.165) is 5.56 Å². The van der Waals surface area contributed by atoms with Gasteiger partial charge < -0.3 is 19.1 Å². The average Bonchev–Trinajstić information content (AvgIpc) is 3.41. The van der Waals surface area contributed by atoms with Gasteiger partial charge in [0.2, 0.25) is 15.9 Å². The summed E-state index contributed by atoms with van der Waals surface area (Å²) in [6, 6.07) is 6.93. The zero-order valence-corrected chi connectivity index (χ0v) is 20.5. The number of carbonyl (C=O) groups is 1. The number of ether oxygens (including phenoxy) is 1. The Bertz CT molecular complexity index is 1260. The summed E-state index contributed by atoms with van der Waals surface area (Å²) in [6.45, 7) is 3.61. The van der Waals surface area contributed by atoms with Crippen molar-refractivity contribution in [3.8, 4) is 5.75 Å². The Kier molecular flexibility index (Phi) is 6.76. The summed E-state index contributed by atoms with van der Waals surface area (Å²) in [5.41, 5.74) is 1.13. The molecular weight excluding hydrogens is 458 g/mol. The Morgan fingerprint density at radius 2 is 2.12 bits per heavy atom. The number of benzene rings is 1. The minimum absolute atomic E-state index is 0.0795. The van der Waals surface area contributed by atoms with Crippen LogP contribution in [0.4, 0.5) is 0 Å². The lowest BCUT2D eigenvalue weighted by Crippen LogP contribution is -2.46. The van der Waals surface area contributed by atoms with Crippen LogP contribution in [0, 0.1) is 19.8 Å². The highest BCUT2D eigenvalue weighted by atomic mass is 32.2. The summed E-state index contributed by atoms with van der Waals surface area (Å²) in [7, 11) is -0.374. The van der Waals surface area contributed by atoms with Gasteiger partial charge in [-0.25, -0.2) is 13.4 Å². The van der Waals surface area contributed by atoms with Crippen LogP contribution in [0.15, 0.2) is 46.1 Å². The number of piperidine rings is 1. The fraction of sp³-hybridized carbons (Fsp3) is 0.435. The number of sulfonamides is 1. The highest BCUT2D eigenvalue weighted by Gasteiger charge is 2.37. The number of aromatic nitrogens is 3. The van der Waals surface area contributed by atoms with Crippen LogP contribution in [0.5, 0.6) is 5.75 Å². The molecule has 1 saturated heterocycles. The van der Waals surface area contributed by atoms with Crippen LogP contribution in [-0.2, 0) is 21.9 Å². The Balaban J connectivity index is 1.58. The molecule has 2 aromatic heterocycles. The minimum Gasteiger partial charge on any atom is -0.497 e. The van der Waals surface area contributed by atoms with Crippen molar-refractivity contribution in [3.63, 3.8) is 0 Å². The largest absolute Gasteiger partial charge is 0.497 e. The second-order valence-corrected chi connectivity index (χ2v) is 10.3. The van der Waals surface area contributed by atoms with Crippen molar-refractivity contribution in [2.45, 2.75) is 37.6 Å². The fourth-order valence-electron chi connectivity index (χ4n) is 4.38. The minimum atomic E-state index is -3.82. The number of aryl methyl sites for hydroxylation is 3. The second-order valence-electron chi connectivity index (χ2n) is 8.47. The predicted octanol–water partition coefficient (Wildman–Crippen LogP) is 2.34. The molecule has 11 heteroatoms. The van der Waals surface area contributed by atoms with Crippen molar-refractivity contribution in [3.05, 3.63) is 59.5 Å². The molecule has 0 saturated carbocycles. The topological polar surface area (TPSA) is 120 Å². The lowest BCUT2D eigenvalue weighted by atomic mass is 9.97. The third kappa shape index (κ3) is 4.58. The number of nitrogens with one attached hydrogen (secondary N) is 1.